The van der Waals surface area contributed by atoms with Crippen LogP contribution in [0.5, 0.6) is 0 Å². The molecule has 0 spiro atoms. The van der Waals surface area contributed by atoms with Crippen molar-refractivity contribution in [1.82, 2.24) is 9.97 Å². The molecule has 106 valence electrons. The van der Waals surface area contributed by atoms with Crippen LogP contribution in [0.15, 0.2) is 35.4 Å². The number of thioether (sulfide) groups is 1. The molecule has 2 aromatic rings. The van der Waals surface area contributed by atoms with Crippen molar-refractivity contribution in [3.05, 3.63) is 35.5 Å². The third kappa shape index (κ3) is 4.02. The minimum atomic E-state index is 0.501. The molecule has 0 radical (unpaired) electrons. The van der Waals surface area contributed by atoms with Crippen molar-refractivity contribution in [3.63, 3.8) is 0 Å². The molecule has 0 saturated carbocycles. The monoisotopic (exact) mass is 308 g/mol. The molecule has 2 N–H and O–H groups in total. The average molecular weight is 309 g/mol. The van der Waals surface area contributed by atoms with Gasteiger partial charge in [-0.15, -0.1) is 11.8 Å². The zero-order valence-corrected chi connectivity index (χ0v) is 13.1. The zero-order chi connectivity index (χ0) is 14.4. The van der Waals surface area contributed by atoms with Crippen molar-refractivity contribution < 1.29 is 0 Å². The minimum Gasteiger partial charge on any atom is -0.354 e. The smallest absolute Gasteiger partial charge is 0.224 e. The highest BCUT2D eigenvalue weighted by Gasteiger charge is 2.06. The van der Waals surface area contributed by atoms with E-state index in [4.69, 9.17) is 11.6 Å². The largest absolute Gasteiger partial charge is 0.354 e. The van der Waals surface area contributed by atoms with Gasteiger partial charge < -0.3 is 10.6 Å². The number of halogens is 1. The molecule has 20 heavy (non-hydrogen) atoms. The Morgan fingerprint density at radius 3 is 2.95 bits per heavy atom. The van der Waals surface area contributed by atoms with Crippen LogP contribution < -0.4 is 10.6 Å². The van der Waals surface area contributed by atoms with E-state index in [0.717, 1.165) is 18.7 Å². The first kappa shape index (κ1) is 14.9. The molecular formula is C14H17ClN4S. The van der Waals surface area contributed by atoms with Gasteiger partial charge in [-0.1, -0.05) is 24.6 Å². The van der Waals surface area contributed by atoms with Crippen molar-refractivity contribution in [2.24, 2.45) is 0 Å². The fourth-order valence-corrected chi connectivity index (χ4v) is 2.21. The second-order valence-electron chi connectivity index (χ2n) is 4.17. The van der Waals surface area contributed by atoms with Gasteiger partial charge in [-0.2, -0.15) is 4.98 Å². The number of rotatable bonds is 6. The summed E-state index contributed by atoms with van der Waals surface area (Å²) in [4.78, 5) is 9.73. The van der Waals surface area contributed by atoms with E-state index < -0.39 is 0 Å². The van der Waals surface area contributed by atoms with Gasteiger partial charge in [0.05, 0.1) is 6.20 Å². The summed E-state index contributed by atoms with van der Waals surface area (Å²) in [6, 6.07) is 8.10. The van der Waals surface area contributed by atoms with E-state index in [1.54, 1.807) is 18.0 Å². The third-order valence-electron chi connectivity index (χ3n) is 2.61. The van der Waals surface area contributed by atoms with E-state index in [2.05, 4.69) is 39.7 Å². The maximum absolute atomic E-state index is 6.13. The molecule has 4 nitrogen and oxygen atoms in total. The maximum Gasteiger partial charge on any atom is 0.224 e. The minimum absolute atomic E-state index is 0.501. The van der Waals surface area contributed by atoms with E-state index in [1.165, 1.54) is 4.90 Å². The van der Waals surface area contributed by atoms with Gasteiger partial charge in [0.15, 0.2) is 5.82 Å². The van der Waals surface area contributed by atoms with Gasteiger partial charge in [-0.25, -0.2) is 4.98 Å². The van der Waals surface area contributed by atoms with Gasteiger partial charge >= 0.3 is 0 Å². The summed E-state index contributed by atoms with van der Waals surface area (Å²) in [7, 11) is 0. The first-order valence-electron chi connectivity index (χ1n) is 6.40. The summed E-state index contributed by atoms with van der Waals surface area (Å²) < 4.78 is 0. The Morgan fingerprint density at radius 1 is 1.35 bits per heavy atom. The fraction of sp³-hybridized carbons (Fsp3) is 0.286. The van der Waals surface area contributed by atoms with Crippen molar-refractivity contribution in [2.45, 2.75) is 18.2 Å². The van der Waals surface area contributed by atoms with Crippen LogP contribution in [-0.4, -0.2) is 22.8 Å². The highest BCUT2D eigenvalue weighted by atomic mass is 35.5. The number of anilines is 3. The van der Waals surface area contributed by atoms with Gasteiger partial charge in [0.2, 0.25) is 5.95 Å². The highest BCUT2D eigenvalue weighted by molar-refractivity contribution is 7.98. The van der Waals surface area contributed by atoms with E-state index in [1.807, 2.05) is 18.4 Å². The molecule has 0 unspecified atom stereocenters. The van der Waals surface area contributed by atoms with E-state index >= 15 is 0 Å². The summed E-state index contributed by atoms with van der Waals surface area (Å²) in [6.45, 7) is 2.93. The Hall–Kier alpha value is -1.46. The summed E-state index contributed by atoms with van der Waals surface area (Å²) >= 11 is 7.83. The molecule has 6 heteroatoms. The van der Waals surface area contributed by atoms with Crippen molar-refractivity contribution in [1.29, 1.82) is 0 Å². The molecule has 0 aliphatic carbocycles. The van der Waals surface area contributed by atoms with Crippen LogP contribution in [0.25, 0.3) is 0 Å². The van der Waals surface area contributed by atoms with Gasteiger partial charge in [0.1, 0.15) is 5.02 Å². The Bertz CT molecular complexity index is 577. The Labute approximate surface area is 128 Å². The lowest BCUT2D eigenvalue weighted by Crippen LogP contribution is -2.06. The highest BCUT2D eigenvalue weighted by Crippen LogP contribution is 2.26. The predicted molar refractivity (Wildman–Crippen MR) is 87.3 cm³/mol. The number of hydrogen-bond acceptors (Lipinski definition) is 5. The fourth-order valence-electron chi connectivity index (χ4n) is 1.61. The number of hydrogen-bond donors (Lipinski definition) is 2. The van der Waals surface area contributed by atoms with Gasteiger partial charge in [0.25, 0.3) is 0 Å². The summed E-state index contributed by atoms with van der Waals surface area (Å²) in [5, 5.41) is 6.87. The van der Waals surface area contributed by atoms with Crippen LogP contribution in [0, 0.1) is 0 Å². The SMILES string of the molecule is CCCNc1ncc(Cl)c(Nc2cccc(SC)c2)n1. The summed E-state index contributed by atoms with van der Waals surface area (Å²) in [5.74, 6) is 1.19. The van der Waals surface area contributed by atoms with Crippen LogP contribution in [0.3, 0.4) is 0 Å². The zero-order valence-electron chi connectivity index (χ0n) is 11.5. The molecule has 2 rings (SSSR count). The Morgan fingerprint density at radius 2 is 2.20 bits per heavy atom. The molecule has 0 saturated heterocycles. The number of nitrogens with zero attached hydrogens (tertiary/aromatic N) is 2. The van der Waals surface area contributed by atoms with Crippen LogP contribution in [0.4, 0.5) is 17.5 Å². The van der Waals surface area contributed by atoms with E-state index in [9.17, 15) is 0 Å². The first-order valence-corrected chi connectivity index (χ1v) is 8.00. The lowest BCUT2D eigenvalue weighted by Gasteiger charge is -2.10. The molecular weight excluding hydrogens is 292 g/mol. The lowest BCUT2D eigenvalue weighted by molar-refractivity contribution is 0.953. The van der Waals surface area contributed by atoms with Crippen molar-refractivity contribution in [2.75, 3.05) is 23.4 Å². The molecule has 0 aliphatic heterocycles. The van der Waals surface area contributed by atoms with Crippen LogP contribution >= 0.6 is 23.4 Å². The van der Waals surface area contributed by atoms with Crippen LogP contribution in [-0.2, 0) is 0 Å². The molecule has 0 atom stereocenters. The molecule has 0 bridgehead atoms. The van der Waals surface area contributed by atoms with Gasteiger partial charge in [-0.3, -0.25) is 0 Å². The quantitative estimate of drug-likeness (QED) is 0.774. The van der Waals surface area contributed by atoms with E-state index in [0.29, 0.717) is 16.8 Å². The van der Waals surface area contributed by atoms with Crippen molar-refractivity contribution >= 4 is 40.8 Å². The van der Waals surface area contributed by atoms with Crippen LogP contribution in [0.2, 0.25) is 5.02 Å². The average Bonchev–Trinajstić information content (AvgIpc) is 2.48. The lowest BCUT2D eigenvalue weighted by atomic mass is 10.3. The van der Waals surface area contributed by atoms with Gasteiger partial charge in [0, 0.05) is 17.1 Å². The Balaban J connectivity index is 2.18. The second kappa shape index (κ2) is 7.36. The predicted octanol–water partition coefficient (Wildman–Crippen LogP) is 4.42. The number of nitrogens with one attached hydrogen (secondary N) is 2. The van der Waals surface area contributed by atoms with Gasteiger partial charge in [-0.05, 0) is 30.9 Å². The number of aromatic nitrogens is 2. The Kier molecular flexibility index (Phi) is 5.49. The maximum atomic E-state index is 6.13. The molecule has 0 amide bonds. The summed E-state index contributed by atoms with van der Waals surface area (Å²) in [5.41, 5.74) is 0.957. The molecule has 1 heterocycles. The van der Waals surface area contributed by atoms with Crippen LogP contribution in [0.1, 0.15) is 13.3 Å². The van der Waals surface area contributed by atoms with E-state index in [-0.39, 0.29) is 0 Å². The second-order valence-corrected chi connectivity index (χ2v) is 5.46. The van der Waals surface area contributed by atoms with Crippen molar-refractivity contribution in [3.8, 4) is 0 Å². The summed E-state index contributed by atoms with van der Waals surface area (Å²) in [6.07, 6.45) is 4.67. The normalized spacial score (nSPS) is 10.3. The molecule has 1 aromatic carbocycles. The molecule has 0 aliphatic rings. The first-order chi connectivity index (χ1) is 9.72. The molecule has 1 aromatic heterocycles. The third-order valence-corrected chi connectivity index (χ3v) is 3.61. The standard InChI is InChI=1S/C14H17ClN4S/c1-3-7-16-14-17-9-12(15)13(19-14)18-10-5-4-6-11(8-10)20-2/h4-6,8-9H,3,7H2,1-2H3,(H2,16,17,18,19). The molecule has 0 fully saturated rings. The number of benzene rings is 1. The topological polar surface area (TPSA) is 49.8 Å².